The zero-order chi connectivity index (χ0) is 18.8. The molecule has 2 nitrogen and oxygen atoms in total. The van der Waals surface area contributed by atoms with Gasteiger partial charge in [0.2, 0.25) is 5.89 Å². The fourth-order valence-electron chi connectivity index (χ4n) is 5.27. The van der Waals surface area contributed by atoms with Gasteiger partial charge in [-0.2, -0.15) is 0 Å². The van der Waals surface area contributed by atoms with Crippen molar-refractivity contribution in [3.05, 3.63) is 54.5 Å². The zero-order valence-corrected chi connectivity index (χ0v) is 17.5. The van der Waals surface area contributed by atoms with Crippen LogP contribution < -0.4 is 5.30 Å². The Hall–Kier alpha value is -1.66. The molecule has 0 spiro atoms. The maximum absolute atomic E-state index is 6.04. The van der Waals surface area contributed by atoms with Gasteiger partial charge in [-0.3, -0.25) is 0 Å². The van der Waals surface area contributed by atoms with E-state index in [1.165, 1.54) is 62.5 Å². The van der Waals surface area contributed by atoms with Crippen molar-refractivity contribution in [2.24, 2.45) is 0 Å². The van der Waals surface area contributed by atoms with Gasteiger partial charge >= 0.3 is 0 Å². The van der Waals surface area contributed by atoms with Gasteiger partial charge in [-0.15, -0.1) is 0 Å². The van der Waals surface area contributed by atoms with Crippen molar-refractivity contribution >= 4 is 18.8 Å². The maximum atomic E-state index is 6.04. The summed E-state index contributed by atoms with van der Waals surface area (Å²) in [5.74, 6) is 0.814. The van der Waals surface area contributed by atoms with Crippen LogP contribution in [-0.2, 0) is 0 Å². The predicted molar refractivity (Wildman–Crippen MR) is 119 cm³/mol. The van der Waals surface area contributed by atoms with Crippen LogP contribution >= 0.6 is 7.92 Å². The average molecular weight is 391 g/mol. The third-order valence-electron chi connectivity index (χ3n) is 6.64. The molecule has 28 heavy (non-hydrogen) atoms. The molecule has 3 aliphatic rings. The van der Waals surface area contributed by atoms with Crippen LogP contribution in [0.4, 0.5) is 0 Å². The van der Waals surface area contributed by atoms with Crippen molar-refractivity contribution in [1.82, 2.24) is 4.98 Å². The Labute approximate surface area is 169 Å². The number of benzene rings is 1. The normalized spacial score (nSPS) is 21.0. The Morgan fingerprint density at radius 2 is 1.61 bits per heavy atom. The fraction of sp³-hybridized carbons (Fsp3) is 0.480. The van der Waals surface area contributed by atoms with E-state index in [1.807, 2.05) is 6.26 Å². The van der Waals surface area contributed by atoms with Crippen molar-refractivity contribution in [3.63, 3.8) is 0 Å². The first-order chi connectivity index (χ1) is 13.9. The van der Waals surface area contributed by atoms with E-state index in [-0.39, 0.29) is 7.92 Å². The highest BCUT2D eigenvalue weighted by Gasteiger charge is 2.35. The van der Waals surface area contributed by atoms with E-state index >= 15 is 0 Å². The summed E-state index contributed by atoms with van der Waals surface area (Å²) in [5.41, 5.74) is 5.23. The molecule has 0 saturated heterocycles. The van der Waals surface area contributed by atoms with Crippen LogP contribution in [0.15, 0.2) is 53.2 Å². The van der Waals surface area contributed by atoms with Gasteiger partial charge in [0, 0.05) is 5.56 Å². The lowest BCUT2D eigenvalue weighted by Gasteiger charge is -2.31. The van der Waals surface area contributed by atoms with E-state index in [0.717, 1.165) is 35.7 Å². The highest BCUT2D eigenvalue weighted by Crippen LogP contribution is 2.57. The van der Waals surface area contributed by atoms with Gasteiger partial charge in [-0.1, -0.05) is 70.0 Å². The number of oxazole rings is 1. The lowest BCUT2D eigenvalue weighted by atomic mass is 10.1. The van der Waals surface area contributed by atoms with Crippen LogP contribution in [0.25, 0.3) is 17.0 Å². The van der Waals surface area contributed by atoms with Gasteiger partial charge in [-0.05, 0) is 66.8 Å². The first-order valence-corrected chi connectivity index (χ1v) is 12.6. The van der Waals surface area contributed by atoms with E-state index in [9.17, 15) is 0 Å². The van der Waals surface area contributed by atoms with Gasteiger partial charge in [0.05, 0.1) is 0 Å². The highest BCUT2D eigenvalue weighted by molar-refractivity contribution is 7.67. The minimum absolute atomic E-state index is 0.136. The summed E-state index contributed by atoms with van der Waals surface area (Å²) >= 11 is 0. The molecule has 0 atom stereocenters. The maximum Gasteiger partial charge on any atom is 0.227 e. The third-order valence-corrected chi connectivity index (χ3v) is 10.2. The second kappa shape index (κ2) is 8.37. The largest absolute Gasteiger partial charge is 0.444 e. The van der Waals surface area contributed by atoms with Crippen molar-refractivity contribution in [3.8, 4) is 11.5 Å². The third kappa shape index (κ3) is 3.64. The summed E-state index contributed by atoms with van der Waals surface area (Å²) in [5, 5.41) is 1.55. The van der Waals surface area contributed by atoms with Crippen LogP contribution in [0, 0.1) is 0 Å². The Kier molecular flexibility index (Phi) is 5.50. The molecule has 1 heterocycles. The van der Waals surface area contributed by atoms with Gasteiger partial charge in [0.1, 0.15) is 12.0 Å². The van der Waals surface area contributed by atoms with Crippen molar-refractivity contribution in [2.45, 2.75) is 75.5 Å². The molecule has 0 amide bonds. The molecular weight excluding hydrogens is 361 g/mol. The zero-order valence-electron chi connectivity index (χ0n) is 16.6. The van der Waals surface area contributed by atoms with Crippen molar-refractivity contribution in [1.29, 1.82) is 0 Å². The summed E-state index contributed by atoms with van der Waals surface area (Å²) in [6.07, 6.45) is 22.1. The molecule has 2 aromatic rings. The number of hydrogen-bond donors (Lipinski definition) is 0. The van der Waals surface area contributed by atoms with E-state index in [1.54, 1.807) is 5.30 Å². The molecule has 2 saturated carbocycles. The molecule has 146 valence electrons. The fourth-order valence-corrected chi connectivity index (χ4v) is 9.20. The number of aromatic nitrogens is 1. The summed E-state index contributed by atoms with van der Waals surface area (Å²) in [4.78, 5) is 4.92. The Bertz CT molecular complexity index is 852. The number of nitrogens with zero attached hydrogens (tertiary/aromatic N) is 1. The first-order valence-electron chi connectivity index (χ1n) is 11.1. The van der Waals surface area contributed by atoms with E-state index < -0.39 is 0 Å². The number of allylic oxidation sites excluding steroid dienone is 4. The molecule has 0 bridgehead atoms. The highest BCUT2D eigenvalue weighted by atomic mass is 31.1. The van der Waals surface area contributed by atoms with Gasteiger partial charge in [0.25, 0.3) is 0 Å². The molecule has 0 aliphatic heterocycles. The number of hydrogen-bond acceptors (Lipinski definition) is 2. The standard InChI is InChI=1S/C25H30NOP/c1-2-10-19(11-3-1)23-18-27-25(26-23)22-16-8-9-17-24(22)28(20-12-4-5-13-20)21-14-6-7-15-21/h2,8-11,16-18,20-21H,1,3-7,12-15H2. The molecule has 0 radical (unpaired) electrons. The first kappa shape index (κ1) is 18.4. The second-order valence-electron chi connectivity index (χ2n) is 8.48. The Morgan fingerprint density at radius 3 is 2.29 bits per heavy atom. The van der Waals surface area contributed by atoms with Crippen molar-refractivity contribution in [2.75, 3.05) is 0 Å². The van der Waals surface area contributed by atoms with Crippen LogP contribution in [0.1, 0.15) is 69.9 Å². The predicted octanol–water partition coefficient (Wildman–Crippen LogP) is 7.07. The smallest absolute Gasteiger partial charge is 0.227 e. The Balaban J connectivity index is 1.52. The molecule has 1 aromatic carbocycles. The lowest BCUT2D eigenvalue weighted by molar-refractivity contribution is 0.574. The molecule has 3 heteroatoms. The summed E-state index contributed by atoms with van der Waals surface area (Å²) < 4.78 is 6.04. The summed E-state index contributed by atoms with van der Waals surface area (Å²) in [6, 6.07) is 9.02. The molecule has 0 unspecified atom stereocenters. The quantitative estimate of drug-likeness (QED) is 0.510. The van der Waals surface area contributed by atoms with E-state index in [2.05, 4.69) is 42.5 Å². The van der Waals surface area contributed by atoms with Crippen LogP contribution in [0.5, 0.6) is 0 Å². The van der Waals surface area contributed by atoms with Crippen molar-refractivity contribution < 1.29 is 4.42 Å². The average Bonchev–Trinajstić information content (AvgIpc) is 3.52. The molecular formula is C25H30NOP. The Morgan fingerprint density at radius 1 is 0.893 bits per heavy atom. The lowest BCUT2D eigenvalue weighted by Crippen LogP contribution is -2.20. The van der Waals surface area contributed by atoms with Gasteiger partial charge in [-0.25, -0.2) is 4.98 Å². The van der Waals surface area contributed by atoms with Crippen LogP contribution in [0.3, 0.4) is 0 Å². The molecule has 5 rings (SSSR count). The molecule has 0 N–H and O–H groups in total. The number of rotatable bonds is 5. The van der Waals surface area contributed by atoms with Gasteiger partial charge < -0.3 is 4.42 Å². The molecule has 1 aromatic heterocycles. The summed E-state index contributed by atoms with van der Waals surface area (Å²) in [7, 11) is -0.136. The van der Waals surface area contributed by atoms with E-state index in [0.29, 0.717) is 0 Å². The van der Waals surface area contributed by atoms with Crippen LogP contribution in [0.2, 0.25) is 0 Å². The molecule has 2 fully saturated rings. The minimum atomic E-state index is -0.136. The second-order valence-corrected chi connectivity index (χ2v) is 11.2. The summed E-state index contributed by atoms with van der Waals surface area (Å²) in [6.45, 7) is 0. The SMILES string of the molecule is C1=CC(c2coc(-c3ccccc3P(C3CCCC3)C3CCCC3)n2)=CCC1. The van der Waals surface area contributed by atoms with E-state index in [4.69, 9.17) is 9.40 Å². The van der Waals surface area contributed by atoms with Gasteiger partial charge in [0.15, 0.2) is 0 Å². The molecule has 3 aliphatic carbocycles. The minimum Gasteiger partial charge on any atom is -0.444 e. The monoisotopic (exact) mass is 391 g/mol. The topological polar surface area (TPSA) is 26.0 Å². The van der Waals surface area contributed by atoms with Crippen LogP contribution in [-0.4, -0.2) is 16.3 Å².